The van der Waals surface area contributed by atoms with E-state index in [4.69, 9.17) is 0 Å². The minimum Gasteiger partial charge on any atom is -0.171 e. The lowest BCUT2D eigenvalue weighted by Gasteiger charge is -2.06. The van der Waals surface area contributed by atoms with Gasteiger partial charge in [-0.25, -0.2) is 0 Å². The molecule has 0 N–H and O–H groups in total. The quantitative estimate of drug-likeness (QED) is 0.588. The van der Waals surface area contributed by atoms with Gasteiger partial charge in [-0.3, -0.25) is 0 Å². The first-order valence-electron chi connectivity index (χ1n) is 3.45. The number of thiol groups is 1. The Morgan fingerprint density at radius 2 is 1.90 bits per heavy atom. The van der Waals surface area contributed by atoms with Gasteiger partial charge in [0.1, 0.15) is 0 Å². The van der Waals surface area contributed by atoms with E-state index in [2.05, 4.69) is 50.7 Å². The van der Waals surface area contributed by atoms with Crippen molar-refractivity contribution in [1.82, 2.24) is 0 Å². The van der Waals surface area contributed by atoms with Crippen LogP contribution in [0.5, 0.6) is 0 Å². The van der Waals surface area contributed by atoms with Crippen LogP contribution in [0, 0.1) is 6.92 Å². The SMILES string of the molecule is Cc1ccccc1C(C)S. The van der Waals surface area contributed by atoms with Crippen LogP contribution in [-0.2, 0) is 0 Å². The maximum atomic E-state index is 4.36. The summed E-state index contributed by atoms with van der Waals surface area (Å²) in [4.78, 5) is 0. The zero-order valence-corrected chi connectivity index (χ0v) is 7.23. The van der Waals surface area contributed by atoms with Gasteiger partial charge < -0.3 is 0 Å². The van der Waals surface area contributed by atoms with Gasteiger partial charge >= 0.3 is 0 Å². The molecule has 1 aromatic carbocycles. The van der Waals surface area contributed by atoms with E-state index >= 15 is 0 Å². The Morgan fingerprint density at radius 1 is 1.30 bits per heavy atom. The first-order valence-corrected chi connectivity index (χ1v) is 3.97. The van der Waals surface area contributed by atoms with Gasteiger partial charge in [0, 0.05) is 5.25 Å². The third kappa shape index (κ3) is 1.54. The molecular formula is C9H12S. The normalized spacial score (nSPS) is 13.1. The molecule has 0 saturated carbocycles. The van der Waals surface area contributed by atoms with Gasteiger partial charge in [-0.15, -0.1) is 0 Å². The highest BCUT2D eigenvalue weighted by Gasteiger charge is 2.00. The smallest absolute Gasteiger partial charge is 0.0241 e. The molecule has 0 amide bonds. The molecule has 0 bridgehead atoms. The Morgan fingerprint density at radius 3 is 2.30 bits per heavy atom. The van der Waals surface area contributed by atoms with Crippen LogP contribution < -0.4 is 0 Å². The summed E-state index contributed by atoms with van der Waals surface area (Å²) in [5.74, 6) is 0. The number of benzene rings is 1. The number of hydrogen-bond donors (Lipinski definition) is 1. The van der Waals surface area contributed by atoms with E-state index in [1.807, 2.05) is 0 Å². The van der Waals surface area contributed by atoms with Gasteiger partial charge in [0.05, 0.1) is 0 Å². The first-order chi connectivity index (χ1) is 4.72. The Balaban J connectivity index is 3.03. The second-order valence-electron chi connectivity index (χ2n) is 2.53. The first kappa shape index (κ1) is 7.67. The highest BCUT2D eigenvalue weighted by molar-refractivity contribution is 7.80. The monoisotopic (exact) mass is 152 g/mol. The van der Waals surface area contributed by atoms with Crippen LogP contribution >= 0.6 is 12.6 Å². The average molecular weight is 152 g/mol. The summed E-state index contributed by atoms with van der Waals surface area (Å²) in [5, 5.41) is 0.348. The van der Waals surface area contributed by atoms with Gasteiger partial charge in [0.25, 0.3) is 0 Å². The zero-order valence-electron chi connectivity index (χ0n) is 6.33. The van der Waals surface area contributed by atoms with E-state index in [0.717, 1.165) is 0 Å². The predicted octanol–water partition coefficient (Wildman–Crippen LogP) is 2.99. The molecule has 0 heterocycles. The van der Waals surface area contributed by atoms with Crippen LogP contribution in [0.3, 0.4) is 0 Å². The highest BCUT2D eigenvalue weighted by atomic mass is 32.1. The zero-order chi connectivity index (χ0) is 7.56. The van der Waals surface area contributed by atoms with Crippen molar-refractivity contribution in [2.24, 2.45) is 0 Å². The van der Waals surface area contributed by atoms with E-state index in [0.29, 0.717) is 5.25 Å². The van der Waals surface area contributed by atoms with Crippen LogP contribution in [0.2, 0.25) is 0 Å². The van der Waals surface area contributed by atoms with Crippen LogP contribution in [0.15, 0.2) is 24.3 Å². The Labute approximate surface area is 67.7 Å². The van der Waals surface area contributed by atoms with Gasteiger partial charge in [-0.05, 0) is 25.0 Å². The molecule has 0 aliphatic carbocycles. The van der Waals surface area contributed by atoms with E-state index in [-0.39, 0.29) is 0 Å². The van der Waals surface area contributed by atoms with Crippen LogP contribution in [-0.4, -0.2) is 0 Å². The van der Waals surface area contributed by atoms with Crippen molar-refractivity contribution < 1.29 is 0 Å². The fourth-order valence-electron chi connectivity index (χ4n) is 1.06. The molecule has 0 aliphatic heterocycles. The Kier molecular flexibility index (Phi) is 2.39. The van der Waals surface area contributed by atoms with Crippen molar-refractivity contribution >= 4 is 12.6 Å². The highest BCUT2D eigenvalue weighted by Crippen LogP contribution is 2.21. The molecule has 0 radical (unpaired) electrons. The van der Waals surface area contributed by atoms with Crippen molar-refractivity contribution in [3.05, 3.63) is 35.4 Å². The molecule has 1 aromatic rings. The molecule has 1 atom stereocenters. The standard InChI is InChI=1S/C9H12S/c1-7-5-3-4-6-9(7)8(2)10/h3-6,8,10H,1-2H3. The van der Waals surface area contributed by atoms with E-state index in [1.165, 1.54) is 11.1 Å². The summed E-state index contributed by atoms with van der Waals surface area (Å²) in [5.41, 5.74) is 2.65. The van der Waals surface area contributed by atoms with Gasteiger partial charge in [-0.1, -0.05) is 24.3 Å². The molecule has 0 fully saturated rings. The summed E-state index contributed by atoms with van der Waals surface area (Å²) in [6, 6.07) is 8.33. The fraction of sp³-hybridized carbons (Fsp3) is 0.333. The topological polar surface area (TPSA) is 0 Å². The second-order valence-corrected chi connectivity index (χ2v) is 3.31. The van der Waals surface area contributed by atoms with Crippen LogP contribution in [0.1, 0.15) is 23.3 Å². The molecular weight excluding hydrogens is 140 g/mol. The summed E-state index contributed by atoms with van der Waals surface area (Å²) >= 11 is 4.36. The average Bonchev–Trinajstić information content (AvgIpc) is 1.88. The second kappa shape index (κ2) is 3.11. The van der Waals surface area contributed by atoms with Crippen molar-refractivity contribution in [3.8, 4) is 0 Å². The minimum absolute atomic E-state index is 0.348. The third-order valence-electron chi connectivity index (χ3n) is 1.64. The largest absolute Gasteiger partial charge is 0.171 e. The molecule has 0 saturated heterocycles. The van der Waals surface area contributed by atoms with Crippen LogP contribution in [0.25, 0.3) is 0 Å². The minimum atomic E-state index is 0.348. The lowest BCUT2D eigenvalue weighted by atomic mass is 10.1. The molecule has 1 rings (SSSR count). The number of hydrogen-bond acceptors (Lipinski definition) is 1. The fourth-order valence-corrected chi connectivity index (χ4v) is 1.35. The molecule has 1 heteroatoms. The summed E-state index contributed by atoms with van der Waals surface area (Å²) in [6.07, 6.45) is 0. The molecule has 0 aromatic heterocycles. The van der Waals surface area contributed by atoms with Crippen molar-refractivity contribution in [2.75, 3.05) is 0 Å². The Hall–Kier alpha value is -0.430. The molecule has 54 valence electrons. The molecule has 10 heavy (non-hydrogen) atoms. The molecule has 0 aliphatic rings. The molecule has 0 spiro atoms. The van der Waals surface area contributed by atoms with Crippen molar-refractivity contribution in [2.45, 2.75) is 19.1 Å². The maximum Gasteiger partial charge on any atom is 0.0241 e. The van der Waals surface area contributed by atoms with Gasteiger partial charge in [0.2, 0.25) is 0 Å². The summed E-state index contributed by atoms with van der Waals surface area (Å²) in [7, 11) is 0. The number of aryl methyl sites for hydroxylation is 1. The molecule has 0 nitrogen and oxygen atoms in total. The van der Waals surface area contributed by atoms with Crippen molar-refractivity contribution in [3.63, 3.8) is 0 Å². The van der Waals surface area contributed by atoms with E-state index in [9.17, 15) is 0 Å². The Bertz CT molecular complexity index is 216. The lowest BCUT2D eigenvalue weighted by molar-refractivity contribution is 1.08. The van der Waals surface area contributed by atoms with Crippen LogP contribution in [0.4, 0.5) is 0 Å². The van der Waals surface area contributed by atoms with E-state index < -0.39 is 0 Å². The predicted molar refractivity (Wildman–Crippen MR) is 48.6 cm³/mol. The maximum absolute atomic E-state index is 4.36. The van der Waals surface area contributed by atoms with Crippen molar-refractivity contribution in [1.29, 1.82) is 0 Å². The van der Waals surface area contributed by atoms with E-state index in [1.54, 1.807) is 0 Å². The third-order valence-corrected chi connectivity index (χ3v) is 1.92. The molecule has 1 unspecified atom stereocenters. The van der Waals surface area contributed by atoms with Gasteiger partial charge in [0.15, 0.2) is 0 Å². The summed E-state index contributed by atoms with van der Waals surface area (Å²) < 4.78 is 0. The summed E-state index contributed by atoms with van der Waals surface area (Å²) in [6.45, 7) is 4.20. The van der Waals surface area contributed by atoms with Gasteiger partial charge in [-0.2, -0.15) is 12.6 Å². The lowest BCUT2D eigenvalue weighted by Crippen LogP contribution is -1.87. The number of rotatable bonds is 1.